The summed E-state index contributed by atoms with van der Waals surface area (Å²) in [7, 11) is 0. The van der Waals surface area contributed by atoms with Crippen molar-refractivity contribution in [1.82, 2.24) is 25.5 Å². The lowest BCUT2D eigenvalue weighted by atomic mass is 10.1. The van der Waals surface area contributed by atoms with Gasteiger partial charge >= 0.3 is 0 Å². The van der Waals surface area contributed by atoms with E-state index in [9.17, 15) is 9.18 Å². The molecule has 0 saturated carbocycles. The number of carbonyl (C=O) groups excluding carboxylic acids is 1. The average Bonchev–Trinajstić information content (AvgIpc) is 2.84. The fourth-order valence-electron chi connectivity index (χ4n) is 1.75. The van der Waals surface area contributed by atoms with E-state index in [0.29, 0.717) is 6.42 Å². The summed E-state index contributed by atoms with van der Waals surface area (Å²) in [6.07, 6.45) is 2.02. The minimum Gasteiger partial charge on any atom is -0.352 e. The molecule has 2 rings (SSSR count). The van der Waals surface area contributed by atoms with Crippen LogP contribution in [0.4, 0.5) is 4.39 Å². The van der Waals surface area contributed by atoms with Gasteiger partial charge in [-0.15, -0.1) is 5.10 Å². The summed E-state index contributed by atoms with van der Waals surface area (Å²) in [5.41, 5.74) is 0.969. The Labute approximate surface area is 109 Å². The number of tetrazole rings is 1. The molecule has 19 heavy (non-hydrogen) atoms. The first-order valence-corrected chi connectivity index (χ1v) is 5.88. The van der Waals surface area contributed by atoms with Crippen molar-refractivity contribution >= 4 is 5.91 Å². The van der Waals surface area contributed by atoms with Gasteiger partial charge in [-0.25, -0.2) is 9.07 Å². The van der Waals surface area contributed by atoms with Crippen LogP contribution >= 0.6 is 0 Å². The van der Waals surface area contributed by atoms with Crippen LogP contribution in [0.2, 0.25) is 0 Å². The van der Waals surface area contributed by atoms with E-state index in [1.165, 1.54) is 23.1 Å². The molecule has 2 aromatic rings. The highest BCUT2D eigenvalue weighted by atomic mass is 19.1. The third-order valence-electron chi connectivity index (χ3n) is 2.56. The molecule has 0 aliphatic carbocycles. The van der Waals surface area contributed by atoms with Gasteiger partial charge in [0.2, 0.25) is 5.91 Å². The molecule has 1 amide bonds. The third-order valence-corrected chi connectivity index (χ3v) is 2.56. The molecule has 0 aliphatic rings. The lowest BCUT2D eigenvalue weighted by Gasteiger charge is -2.13. The zero-order valence-electron chi connectivity index (χ0n) is 10.5. The maximum Gasteiger partial charge on any atom is 0.242 e. The minimum absolute atomic E-state index is 0.0468. The van der Waals surface area contributed by atoms with E-state index in [2.05, 4.69) is 20.8 Å². The Balaban J connectivity index is 1.82. The number of nitrogens with zero attached hydrogens (tertiary/aromatic N) is 4. The molecule has 1 atom stereocenters. The average molecular weight is 263 g/mol. The number of rotatable bonds is 5. The van der Waals surface area contributed by atoms with Gasteiger partial charge in [0, 0.05) is 6.04 Å². The molecule has 0 bridgehead atoms. The summed E-state index contributed by atoms with van der Waals surface area (Å²) in [5, 5.41) is 13.3. The van der Waals surface area contributed by atoms with Crippen molar-refractivity contribution < 1.29 is 9.18 Å². The van der Waals surface area contributed by atoms with E-state index >= 15 is 0 Å². The van der Waals surface area contributed by atoms with Crippen molar-refractivity contribution in [3.8, 4) is 0 Å². The predicted octanol–water partition coefficient (Wildman–Crippen LogP) is 0.560. The Bertz CT molecular complexity index is 526. The molecule has 1 N–H and O–H groups in total. The molecular formula is C12H14FN5O. The predicted molar refractivity (Wildman–Crippen MR) is 65.5 cm³/mol. The van der Waals surface area contributed by atoms with E-state index in [4.69, 9.17) is 0 Å². The molecule has 0 saturated heterocycles. The lowest BCUT2D eigenvalue weighted by molar-refractivity contribution is -0.122. The van der Waals surface area contributed by atoms with Crippen molar-refractivity contribution in [3.05, 3.63) is 42.0 Å². The highest BCUT2D eigenvalue weighted by Gasteiger charge is 2.09. The van der Waals surface area contributed by atoms with Gasteiger partial charge in [-0.2, -0.15) is 0 Å². The van der Waals surface area contributed by atoms with E-state index in [1.54, 1.807) is 12.1 Å². The Morgan fingerprint density at radius 2 is 2.16 bits per heavy atom. The van der Waals surface area contributed by atoms with Crippen LogP contribution < -0.4 is 5.32 Å². The van der Waals surface area contributed by atoms with E-state index in [-0.39, 0.29) is 24.3 Å². The van der Waals surface area contributed by atoms with E-state index in [0.717, 1.165) is 5.56 Å². The Morgan fingerprint density at radius 3 is 2.79 bits per heavy atom. The number of halogens is 1. The molecule has 1 heterocycles. The molecule has 1 aromatic carbocycles. The Morgan fingerprint density at radius 1 is 1.42 bits per heavy atom. The Hall–Kier alpha value is -2.31. The maximum atomic E-state index is 12.8. The fourth-order valence-corrected chi connectivity index (χ4v) is 1.75. The van der Waals surface area contributed by atoms with E-state index in [1.807, 2.05) is 6.92 Å². The molecule has 7 heteroatoms. The topological polar surface area (TPSA) is 72.7 Å². The number of hydrogen-bond donors (Lipinski definition) is 1. The van der Waals surface area contributed by atoms with Crippen LogP contribution in [0.1, 0.15) is 12.5 Å². The lowest BCUT2D eigenvalue weighted by Crippen LogP contribution is -2.36. The molecule has 6 nitrogen and oxygen atoms in total. The van der Waals surface area contributed by atoms with Crippen molar-refractivity contribution in [2.24, 2.45) is 0 Å². The van der Waals surface area contributed by atoms with Gasteiger partial charge in [-0.05, 0) is 41.5 Å². The molecule has 0 spiro atoms. The Kier molecular flexibility index (Phi) is 4.17. The van der Waals surface area contributed by atoms with Gasteiger partial charge in [0.15, 0.2) is 0 Å². The van der Waals surface area contributed by atoms with Crippen LogP contribution in [-0.2, 0) is 17.8 Å². The van der Waals surface area contributed by atoms with Crippen LogP contribution in [0.3, 0.4) is 0 Å². The van der Waals surface area contributed by atoms with Crippen molar-refractivity contribution in [2.45, 2.75) is 25.9 Å². The monoisotopic (exact) mass is 263 g/mol. The second-order valence-corrected chi connectivity index (χ2v) is 4.31. The standard InChI is InChI=1S/C12H14FN5O/c1-9(6-10-2-4-11(13)5-3-10)15-12(19)7-18-8-14-16-17-18/h2-5,8-9H,6-7H2,1H3,(H,15,19). The molecule has 0 radical (unpaired) electrons. The first kappa shape index (κ1) is 13.1. The first-order valence-electron chi connectivity index (χ1n) is 5.88. The fraction of sp³-hybridized carbons (Fsp3) is 0.333. The van der Waals surface area contributed by atoms with Crippen molar-refractivity contribution in [3.63, 3.8) is 0 Å². The highest BCUT2D eigenvalue weighted by Crippen LogP contribution is 2.05. The van der Waals surface area contributed by atoms with Gasteiger partial charge in [-0.1, -0.05) is 12.1 Å². The number of benzene rings is 1. The molecule has 1 aromatic heterocycles. The van der Waals surface area contributed by atoms with E-state index < -0.39 is 0 Å². The number of nitrogens with one attached hydrogen (secondary N) is 1. The molecule has 0 fully saturated rings. The smallest absolute Gasteiger partial charge is 0.242 e. The number of carbonyl (C=O) groups is 1. The summed E-state index contributed by atoms with van der Waals surface area (Å²) in [6, 6.07) is 6.18. The molecule has 0 aliphatic heterocycles. The van der Waals surface area contributed by atoms with Gasteiger partial charge in [0.1, 0.15) is 18.7 Å². The number of amides is 1. The molecule has 1 unspecified atom stereocenters. The van der Waals surface area contributed by atoms with Crippen LogP contribution in [0, 0.1) is 5.82 Å². The second kappa shape index (κ2) is 6.03. The second-order valence-electron chi connectivity index (χ2n) is 4.31. The summed E-state index contributed by atoms with van der Waals surface area (Å²) in [4.78, 5) is 11.7. The zero-order valence-corrected chi connectivity index (χ0v) is 10.5. The molecular weight excluding hydrogens is 249 g/mol. The SMILES string of the molecule is CC(Cc1ccc(F)cc1)NC(=O)Cn1cnnn1. The third kappa shape index (κ3) is 4.13. The normalized spacial score (nSPS) is 12.1. The van der Waals surface area contributed by atoms with Crippen molar-refractivity contribution in [1.29, 1.82) is 0 Å². The first-order chi connectivity index (χ1) is 9.13. The summed E-state index contributed by atoms with van der Waals surface area (Å²) < 4.78 is 14.1. The minimum atomic E-state index is -0.265. The number of hydrogen-bond acceptors (Lipinski definition) is 4. The van der Waals surface area contributed by atoms with Crippen LogP contribution in [0.15, 0.2) is 30.6 Å². The summed E-state index contributed by atoms with van der Waals surface area (Å²) in [6.45, 7) is 1.97. The number of aromatic nitrogens is 4. The maximum absolute atomic E-state index is 12.8. The molecule has 100 valence electrons. The summed E-state index contributed by atoms with van der Waals surface area (Å²) >= 11 is 0. The van der Waals surface area contributed by atoms with Gasteiger partial charge in [0.25, 0.3) is 0 Å². The zero-order chi connectivity index (χ0) is 13.7. The highest BCUT2D eigenvalue weighted by molar-refractivity contribution is 5.75. The summed E-state index contributed by atoms with van der Waals surface area (Å²) in [5.74, 6) is -0.430. The van der Waals surface area contributed by atoms with Gasteiger partial charge < -0.3 is 5.32 Å². The largest absolute Gasteiger partial charge is 0.352 e. The van der Waals surface area contributed by atoms with Crippen molar-refractivity contribution in [2.75, 3.05) is 0 Å². The quantitative estimate of drug-likeness (QED) is 0.855. The van der Waals surface area contributed by atoms with Crippen LogP contribution in [-0.4, -0.2) is 32.2 Å². The van der Waals surface area contributed by atoms with Gasteiger partial charge in [0.05, 0.1) is 0 Å². The van der Waals surface area contributed by atoms with Crippen LogP contribution in [0.25, 0.3) is 0 Å². The van der Waals surface area contributed by atoms with Gasteiger partial charge in [-0.3, -0.25) is 4.79 Å². The van der Waals surface area contributed by atoms with Crippen LogP contribution in [0.5, 0.6) is 0 Å².